The van der Waals surface area contributed by atoms with Crippen LogP contribution in [0.5, 0.6) is 0 Å². The van der Waals surface area contributed by atoms with Crippen molar-refractivity contribution in [3.8, 4) is 0 Å². The first-order valence-electron chi connectivity index (χ1n) is 6.42. The molecule has 2 aromatic rings. The van der Waals surface area contributed by atoms with Crippen LogP contribution >= 0.6 is 23.2 Å². The zero-order chi connectivity index (χ0) is 17.0. The van der Waals surface area contributed by atoms with Gasteiger partial charge in [0, 0.05) is 22.8 Å². The molecule has 0 radical (unpaired) electrons. The second-order valence-corrected chi connectivity index (χ2v) is 5.41. The van der Waals surface area contributed by atoms with Crippen LogP contribution in [-0.4, -0.2) is 17.0 Å². The molecule has 8 heteroatoms. The molecule has 1 N–H and O–H groups in total. The summed E-state index contributed by atoms with van der Waals surface area (Å²) in [6, 6.07) is 9.05. The summed E-state index contributed by atoms with van der Waals surface area (Å²) in [7, 11) is 0. The SMILES string of the molecule is Cc1cc(C(=O)NN=Cc2c(Cl)cccc2Cl)ccc1[N+](=O)[O-]. The molecule has 118 valence electrons. The number of carbonyl (C=O) groups is 1. The number of nitrogens with one attached hydrogen (secondary N) is 1. The number of hydrogen-bond donors (Lipinski definition) is 1. The lowest BCUT2D eigenvalue weighted by atomic mass is 10.1. The lowest BCUT2D eigenvalue weighted by molar-refractivity contribution is -0.385. The Balaban J connectivity index is 2.12. The number of amides is 1. The van der Waals surface area contributed by atoms with E-state index >= 15 is 0 Å². The summed E-state index contributed by atoms with van der Waals surface area (Å²) in [6.07, 6.45) is 1.33. The van der Waals surface area contributed by atoms with E-state index < -0.39 is 10.8 Å². The number of aryl methyl sites for hydroxylation is 1. The second kappa shape index (κ2) is 7.21. The van der Waals surface area contributed by atoms with Crippen LogP contribution in [0.2, 0.25) is 10.0 Å². The molecule has 0 bridgehead atoms. The Bertz CT molecular complexity index is 786. The number of nitro groups is 1. The van der Waals surface area contributed by atoms with Gasteiger partial charge in [0.1, 0.15) is 0 Å². The molecule has 2 aromatic carbocycles. The molecule has 0 atom stereocenters. The highest BCUT2D eigenvalue weighted by Crippen LogP contribution is 2.22. The van der Waals surface area contributed by atoms with E-state index in [0.717, 1.165) is 0 Å². The van der Waals surface area contributed by atoms with Gasteiger partial charge in [-0.3, -0.25) is 14.9 Å². The van der Waals surface area contributed by atoms with Crippen molar-refractivity contribution < 1.29 is 9.72 Å². The van der Waals surface area contributed by atoms with Gasteiger partial charge in [-0.1, -0.05) is 29.3 Å². The van der Waals surface area contributed by atoms with Crippen LogP contribution < -0.4 is 5.43 Å². The maximum Gasteiger partial charge on any atom is 0.272 e. The lowest BCUT2D eigenvalue weighted by Gasteiger charge is -2.03. The van der Waals surface area contributed by atoms with E-state index in [1.807, 2.05) is 0 Å². The molecule has 2 rings (SSSR count). The van der Waals surface area contributed by atoms with E-state index in [9.17, 15) is 14.9 Å². The molecule has 0 aromatic heterocycles. The van der Waals surface area contributed by atoms with Crippen molar-refractivity contribution in [3.05, 3.63) is 73.2 Å². The van der Waals surface area contributed by atoms with E-state index in [1.165, 1.54) is 24.4 Å². The molecular weight excluding hydrogens is 341 g/mol. The third-order valence-electron chi connectivity index (χ3n) is 3.02. The number of halogens is 2. The van der Waals surface area contributed by atoms with Gasteiger partial charge in [0.25, 0.3) is 11.6 Å². The monoisotopic (exact) mass is 351 g/mol. The van der Waals surface area contributed by atoms with E-state index in [1.54, 1.807) is 25.1 Å². The van der Waals surface area contributed by atoms with Crippen molar-refractivity contribution >= 4 is 41.0 Å². The normalized spacial score (nSPS) is 10.7. The molecule has 0 aliphatic carbocycles. The van der Waals surface area contributed by atoms with E-state index in [2.05, 4.69) is 10.5 Å². The topological polar surface area (TPSA) is 84.6 Å². The average Bonchev–Trinajstić information content (AvgIpc) is 2.49. The highest BCUT2D eigenvalue weighted by Gasteiger charge is 2.13. The third kappa shape index (κ3) is 4.06. The highest BCUT2D eigenvalue weighted by atomic mass is 35.5. The summed E-state index contributed by atoms with van der Waals surface area (Å²) in [4.78, 5) is 22.2. The van der Waals surface area contributed by atoms with Gasteiger partial charge in [0.05, 0.1) is 21.2 Å². The molecule has 6 nitrogen and oxygen atoms in total. The van der Waals surface area contributed by atoms with Gasteiger partial charge in [0.15, 0.2) is 0 Å². The standard InChI is InChI=1S/C15H11Cl2N3O3/c1-9-7-10(5-6-14(9)20(22)23)15(21)19-18-8-11-12(16)3-2-4-13(11)17/h2-8H,1H3,(H,19,21). The van der Waals surface area contributed by atoms with Crippen LogP contribution in [-0.2, 0) is 0 Å². The number of hydrogen-bond acceptors (Lipinski definition) is 4. The van der Waals surface area contributed by atoms with Gasteiger partial charge in [0.2, 0.25) is 0 Å². The fourth-order valence-electron chi connectivity index (χ4n) is 1.86. The Morgan fingerprint density at radius 3 is 2.48 bits per heavy atom. The molecule has 0 spiro atoms. The zero-order valence-electron chi connectivity index (χ0n) is 11.9. The molecule has 0 unspecified atom stereocenters. The third-order valence-corrected chi connectivity index (χ3v) is 3.67. The van der Waals surface area contributed by atoms with Gasteiger partial charge in [-0.05, 0) is 31.2 Å². The molecule has 0 saturated carbocycles. The molecule has 0 aliphatic rings. The van der Waals surface area contributed by atoms with Crippen molar-refractivity contribution in [3.63, 3.8) is 0 Å². The minimum atomic E-state index is -0.505. The predicted molar refractivity (Wildman–Crippen MR) is 89.4 cm³/mol. The van der Waals surface area contributed by atoms with Gasteiger partial charge >= 0.3 is 0 Å². The predicted octanol–water partition coefficient (Wildman–Crippen LogP) is 3.97. The Labute approximate surface area is 141 Å². The summed E-state index contributed by atoms with van der Waals surface area (Å²) < 4.78 is 0. The van der Waals surface area contributed by atoms with Crippen molar-refractivity contribution in [2.75, 3.05) is 0 Å². The summed E-state index contributed by atoms with van der Waals surface area (Å²) >= 11 is 12.0. The van der Waals surface area contributed by atoms with Crippen LogP contribution in [0.15, 0.2) is 41.5 Å². The fraction of sp³-hybridized carbons (Fsp3) is 0.0667. The van der Waals surface area contributed by atoms with Crippen LogP contribution in [0.25, 0.3) is 0 Å². The van der Waals surface area contributed by atoms with E-state index in [4.69, 9.17) is 23.2 Å². The summed E-state index contributed by atoms with van der Waals surface area (Å²) in [6.45, 7) is 1.56. The van der Waals surface area contributed by atoms with Crippen molar-refractivity contribution in [2.24, 2.45) is 5.10 Å². The maximum atomic E-state index is 12.0. The molecule has 0 saturated heterocycles. The number of benzene rings is 2. The Hall–Kier alpha value is -2.44. The maximum absolute atomic E-state index is 12.0. The van der Waals surface area contributed by atoms with Crippen molar-refractivity contribution in [1.82, 2.24) is 5.43 Å². The Morgan fingerprint density at radius 1 is 1.26 bits per heavy atom. The first-order valence-corrected chi connectivity index (χ1v) is 7.18. The largest absolute Gasteiger partial charge is 0.272 e. The van der Waals surface area contributed by atoms with Crippen molar-refractivity contribution in [2.45, 2.75) is 6.92 Å². The van der Waals surface area contributed by atoms with Gasteiger partial charge in [-0.25, -0.2) is 5.43 Å². The van der Waals surface area contributed by atoms with Crippen LogP contribution in [0.4, 0.5) is 5.69 Å². The number of rotatable bonds is 4. The minimum absolute atomic E-state index is 0.0482. The quantitative estimate of drug-likeness (QED) is 0.513. The van der Waals surface area contributed by atoms with Crippen LogP contribution in [0, 0.1) is 17.0 Å². The molecule has 1 amide bonds. The smallest absolute Gasteiger partial charge is 0.267 e. The molecule has 0 aliphatic heterocycles. The van der Waals surface area contributed by atoms with E-state index in [0.29, 0.717) is 21.2 Å². The Morgan fingerprint density at radius 2 is 1.91 bits per heavy atom. The molecular formula is C15H11Cl2N3O3. The average molecular weight is 352 g/mol. The number of carbonyl (C=O) groups excluding carboxylic acids is 1. The summed E-state index contributed by atoms with van der Waals surface area (Å²) in [5.74, 6) is -0.498. The Kier molecular flexibility index (Phi) is 5.31. The first-order chi connectivity index (χ1) is 10.9. The van der Waals surface area contributed by atoms with Gasteiger partial charge in [-0.2, -0.15) is 5.10 Å². The second-order valence-electron chi connectivity index (χ2n) is 4.59. The minimum Gasteiger partial charge on any atom is -0.267 e. The zero-order valence-corrected chi connectivity index (χ0v) is 13.4. The van der Waals surface area contributed by atoms with Gasteiger partial charge in [-0.15, -0.1) is 0 Å². The van der Waals surface area contributed by atoms with Crippen LogP contribution in [0.3, 0.4) is 0 Å². The molecule has 0 fully saturated rings. The first kappa shape index (κ1) is 16.9. The summed E-state index contributed by atoms with van der Waals surface area (Å²) in [5.41, 5.74) is 3.40. The van der Waals surface area contributed by atoms with Crippen LogP contribution in [0.1, 0.15) is 21.5 Å². The number of nitrogens with zero attached hydrogens (tertiary/aromatic N) is 2. The molecule has 23 heavy (non-hydrogen) atoms. The number of nitro benzene ring substituents is 1. The van der Waals surface area contributed by atoms with E-state index in [-0.39, 0.29) is 11.3 Å². The highest BCUT2D eigenvalue weighted by molar-refractivity contribution is 6.38. The fourth-order valence-corrected chi connectivity index (χ4v) is 2.35. The number of hydrazone groups is 1. The summed E-state index contributed by atoms with van der Waals surface area (Å²) in [5, 5.41) is 15.4. The molecule has 0 heterocycles. The van der Waals surface area contributed by atoms with Gasteiger partial charge < -0.3 is 0 Å². The lowest BCUT2D eigenvalue weighted by Crippen LogP contribution is -2.17. The van der Waals surface area contributed by atoms with Crippen molar-refractivity contribution in [1.29, 1.82) is 0 Å².